The molecule has 2 unspecified atom stereocenters. The first kappa shape index (κ1) is 10.0. The fraction of sp³-hybridized carbons (Fsp3) is 0.455. The van der Waals surface area contributed by atoms with Gasteiger partial charge >= 0.3 is 0 Å². The molecule has 1 heterocycles. The van der Waals surface area contributed by atoms with E-state index in [9.17, 15) is 0 Å². The first-order chi connectivity index (χ1) is 6.73. The lowest BCUT2D eigenvalue weighted by Gasteiger charge is -2.20. The summed E-state index contributed by atoms with van der Waals surface area (Å²) in [7, 11) is 0. The topological polar surface area (TPSA) is 24.1 Å². The minimum absolute atomic E-state index is 0.0721. The highest BCUT2D eigenvalue weighted by Gasteiger charge is 2.37. The first-order valence-corrected chi connectivity index (χ1v) is 6.13. The summed E-state index contributed by atoms with van der Waals surface area (Å²) in [5.41, 5.74) is -0.0721. The molecule has 2 aliphatic rings. The predicted octanol–water partition coefficient (Wildman–Crippen LogP) is 1.64. The Kier molecular flexibility index (Phi) is 2.81. The molecule has 0 radical (unpaired) electrons. The van der Waals surface area contributed by atoms with Crippen molar-refractivity contribution in [3.8, 4) is 0 Å². The molecule has 0 saturated carbocycles. The summed E-state index contributed by atoms with van der Waals surface area (Å²) in [6, 6.07) is 0.855. The van der Waals surface area contributed by atoms with Crippen molar-refractivity contribution in [3.05, 3.63) is 35.8 Å². The van der Waals surface area contributed by atoms with Crippen LogP contribution < -0.4 is 10.6 Å². The second kappa shape index (κ2) is 3.93. The molecule has 1 fully saturated rings. The molecular weight excluding hydrogens is 192 g/mol. The molecule has 2 N–H and O–H groups in total. The zero-order valence-corrected chi connectivity index (χ0v) is 9.34. The summed E-state index contributed by atoms with van der Waals surface area (Å²) in [6.07, 6.45) is 12.9. The lowest BCUT2D eigenvalue weighted by molar-refractivity contribution is 0.452. The van der Waals surface area contributed by atoms with Gasteiger partial charge in [-0.25, -0.2) is 0 Å². The fourth-order valence-electron chi connectivity index (χ4n) is 1.92. The maximum atomic E-state index is 3.55. The smallest absolute Gasteiger partial charge is 0.0868 e. The number of hydrogen-bond donors (Lipinski definition) is 2. The van der Waals surface area contributed by atoms with E-state index < -0.39 is 0 Å². The first-order valence-electron chi connectivity index (χ1n) is 4.84. The lowest BCUT2D eigenvalue weighted by atomic mass is 10.1. The van der Waals surface area contributed by atoms with Crippen LogP contribution in [0.1, 0.15) is 6.92 Å². The van der Waals surface area contributed by atoms with E-state index in [1.54, 1.807) is 11.8 Å². The van der Waals surface area contributed by atoms with E-state index in [0.717, 1.165) is 0 Å². The number of allylic oxidation sites excluding steroid dienone is 2. The zero-order chi connectivity index (χ0) is 10.0. The van der Waals surface area contributed by atoms with Gasteiger partial charge in [-0.3, -0.25) is 10.6 Å². The average molecular weight is 208 g/mol. The van der Waals surface area contributed by atoms with Gasteiger partial charge in [0.05, 0.1) is 5.66 Å². The van der Waals surface area contributed by atoms with Crippen molar-refractivity contribution >= 4 is 11.8 Å². The Morgan fingerprint density at radius 1 is 1.21 bits per heavy atom. The van der Waals surface area contributed by atoms with Crippen LogP contribution in [0.25, 0.3) is 0 Å². The summed E-state index contributed by atoms with van der Waals surface area (Å²) < 4.78 is 0. The molecule has 2 nitrogen and oxygen atoms in total. The maximum Gasteiger partial charge on any atom is 0.0868 e. The number of fused-ring (bicyclic) bond motifs is 1. The zero-order valence-electron chi connectivity index (χ0n) is 8.53. The largest absolute Gasteiger partial charge is 0.288 e. The lowest BCUT2D eigenvalue weighted by Crippen LogP contribution is -2.45. The van der Waals surface area contributed by atoms with E-state index in [2.05, 4.69) is 59.6 Å². The third kappa shape index (κ3) is 1.95. The summed E-state index contributed by atoms with van der Waals surface area (Å²) in [5, 5.41) is 9.23. The number of nitrogens with one attached hydrogen (secondary N) is 2. The van der Waals surface area contributed by atoms with Crippen molar-refractivity contribution in [2.45, 2.75) is 24.7 Å². The third-order valence-corrected chi connectivity index (χ3v) is 3.01. The Morgan fingerprint density at radius 2 is 1.79 bits per heavy atom. The molecule has 1 saturated heterocycles. The van der Waals surface area contributed by atoms with E-state index in [0.29, 0.717) is 12.1 Å². The van der Waals surface area contributed by atoms with Crippen LogP contribution in [0.15, 0.2) is 35.8 Å². The van der Waals surface area contributed by atoms with Crippen molar-refractivity contribution in [2.75, 3.05) is 6.26 Å². The molecule has 2 rings (SSSR count). The SMILES string of the molecule is CSC=CC1(C)NC2C=CC=CC2N1. The predicted molar refractivity (Wildman–Crippen MR) is 63.2 cm³/mol. The normalized spacial score (nSPS) is 40.7. The summed E-state index contributed by atoms with van der Waals surface area (Å²) in [6.45, 7) is 2.17. The molecule has 0 spiro atoms. The van der Waals surface area contributed by atoms with Crippen molar-refractivity contribution in [2.24, 2.45) is 0 Å². The number of hydrogen-bond acceptors (Lipinski definition) is 3. The van der Waals surface area contributed by atoms with Crippen molar-refractivity contribution in [1.29, 1.82) is 0 Å². The average Bonchev–Trinajstić information content (AvgIpc) is 2.51. The molecule has 0 aromatic heterocycles. The fourth-order valence-corrected chi connectivity index (χ4v) is 2.33. The van der Waals surface area contributed by atoms with Crippen molar-refractivity contribution in [1.82, 2.24) is 10.6 Å². The van der Waals surface area contributed by atoms with Crippen LogP contribution in [0.3, 0.4) is 0 Å². The molecule has 3 heteroatoms. The van der Waals surface area contributed by atoms with Gasteiger partial charge in [0.1, 0.15) is 0 Å². The van der Waals surface area contributed by atoms with Gasteiger partial charge in [0.2, 0.25) is 0 Å². The minimum Gasteiger partial charge on any atom is -0.288 e. The quantitative estimate of drug-likeness (QED) is 0.721. The van der Waals surface area contributed by atoms with E-state index in [1.807, 2.05) is 0 Å². The standard InChI is InChI=1S/C11H16N2S/c1-11(7-8-14-2)12-9-5-3-4-6-10(9)13-11/h3-10,12-13H,1-2H3. The molecule has 0 amide bonds. The van der Waals surface area contributed by atoms with Crippen LogP contribution in [0, 0.1) is 0 Å². The highest BCUT2D eigenvalue weighted by molar-refractivity contribution is 8.01. The molecule has 0 aromatic carbocycles. The van der Waals surface area contributed by atoms with Crippen LogP contribution >= 0.6 is 11.8 Å². The van der Waals surface area contributed by atoms with Crippen LogP contribution in [0.2, 0.25) is 0 Å². The maximum absolute atomic E-state index is 3.55. The van der Waals surface area contributed by atoms with Crippen LogP contribution in [-0.4, -0.2) is 24.0 Å². The van der Waals surface area contributed by atoms with Gasteiger partial charge < -0.3 is 0 Å². The van der Waals surface area contributed by atoms with Gasteiger partial charge in [0.15, 0.2) is 0 Å². The molecule has 1 aliphatic carbocycles. The second-order valence-corrected chi connectivity index (χ2v) is 4.59. The van der Waals surface area contributed by atoms with Gasteiger partial charge in [-0.15, -0.1) is 11.8 Å². The second-order valence-electron chi connectivity index (χ2n) is 3.85. The highest BCUT2D eigenvalue weighted by Crippen LogP contribution is 2.20. The molecule has 2 atom stereocenters. The molecular formula is C11H16N2S. The minimum atomic E-state index is -0.0721. The molecule has 76 valence electrons. The van der Waals surface area contributed by atoms with E-state index in [1.165, 1.54) is 0 Å². The molecule has 1 aliphatic heterocycles. The Balaban J connectivity index is 2.09. The molecule has 0 aromatic rings. The Labute approximate surface area is 89.5 Å². The summed E-state index contributed by atoms with van der Waals surface area (Å²) in [4.78, 5) is 0. The number of thioether (sulfide) groups is 1. The summed E-state index contributed by atoms with van der Waals surface area (Å²) in [5.74, 6) is 0. The van der Waals surface area contributed by atoms with Gasteiger partial charge in [0.25, 0.3) is 0 Å². The monoisotopic (exact) mass is 208 g/mol. The molecule has 14 heavy (non-hydrogen) atoms. The van der Waals surface area contributed by atoms with E-state index in [4.69, 9.17) is 0 Å². The van der Waals surface area contributed by atoms with E-state index in [-0.39, 0.29) is 5.66 Å². The number of rotatable bonds is 2. The van der Waals surface area contributed by atoms with Crippen LogP contribution in [0.4, 0.5) is 0 Å². The van der Waals surface area contributed by atoms with Gasteiger partial charge in [-0.2, -0.15) is 0 Å². The van der Waals surface area contributed by atoms with Crippen molar-refractivity contribution in [3.63, 3.8) is 0 Å². The third-order valence-electron chi connectivity index (χ3n) is 2.61. The van der Waals surface area contributed by atoms with Gasteiger partial charge in [0, 0.05) is 12.1 Å². The van der Waals surface area contributed by atoms with Crippen LogP contribution in [-0.2, 0) is 0 Å². The van der Waals surface area contributed by atoms with Crippen LogP contribution in [0.5, 0.6) is 0 Å². The van der Waals surface area contributed by atoms with E-state index >= 15 is 0 Å². The van der Waals surface area contributed by atoms with Crippen molar-refractivity contribution < 1.29 is 0 Å². The summed E-state index contributed by atoms with van der Waals surface area (Å²) >= 11 is 1.72. The highest BCUT2D eigenvalue weighted by atomic mass is 32.2. The van der Waals surface area contributed by atoms with Gasteiger partial charge in [-0.05, 0) is 24.7 Å². The Hall–Kier alpha value is -0.510. The Morgan fingerprint density at radius 3 is 2.29 bits per heavy atom. The van der Waals surface area contributed by atoms with Gasteiger partial charge in [-0.1, -0.05) is 24.3 Å². The Bertz CT molecular complexity index is 274. The molecule has 0 bridgehead atoms.